The van der Waals surface area contributed by atoms with Crippen LogP contribution in [0, 0.1) is 0 Å². The van der Waals surface area contributed by atoms with E-state index in [-0.39, 0.29) is 22.5 Å². The summed E-state index contributed by atoms with van der Waals surface area (Å²) in [6.07, 6.45) is -4.90. The highest BCUT2D eigenvalue weighted by molar-refractivity contribution is 7.90. The van der Waals surface area contributed by atoms with Crippen LogP contribution in [0.25, 0.3) is 15.8 Å². The van der Waals surface area contributed by atoms with Crippen molar-refractivity contribution < 1.29 is 26.4 Å². The molecule has 30 heavy (non-hydrogen) atoms. The Balaban J connectivity index is 2.18. The Kier molecular flexibility index (Phi) is 5.32. The molecule has 0 unspecified atom stereocenters. The molecule has 3 aromatic rings. The third kappa shape index (κ3) is 3.87. The number of carbonyl (C=O) groups is 1. The van der Waals surface area contributed by atoms with E-state index in [1.807, 2.05) is 4.72 Å². The summed E-state index contributed by atoms with van der Waals surface area (Å²) in [6.45, 7) is 1.33. The number of nitrogens with zero attached hydrogens (tertiary/aromatic N) is 3. The van der Waals surface area contributed by atoms with E-state index in [0.29, 0.717) is 19.9 Å². The van der Waals surface area contributed by atoms with Crippen LogP contribution in [0.5, 0.6) is 0 Å². The molecule has 9 nitrogen and oxygen atoms in total. The number of halogens is 3. The van der Waals surface area contributed by atoms with E-state index in [1.54, 1.807) is 0 Å². The molecule has 1 aromatic carbocycles. The van der Waals surface area contributed by atoms with Gasteiger partial charge in [-0.25, -0.2) is 22.5 Å². The third-order valence-corrected chi connectivity index (χ3v) is 6.25. The second kappa shape index (κ2) is 7.36. The molecule has 0 saturated heterocycles. The number of nitrogens with one attached hydrogen (secondary N) is 1. The molecular weight excluding hydrogens is 449 g/mol. The van der Waals surface area contributed by atoms with Crippen molar-refractivity contribution >= 4 is 37.5 Å². The maximum absolute atomic E-state index is 13.0. The Morgan fingerprint density at radius 2 is 1.90 bits per heavy atom. The van der Waals surface area contributed by atoms with E-state index in [9.17, 15) is 36.0 Å². The molecule has 1 amide bonds. The van der Waals surface area contributed by atoms with E-state index in [2.05, 4.69) is 4.37 Å². The van der Waals surface area contributed by atoms with Gasteiger partial charge in [-0.05, 0) is 36.7 Å². The molecule has 3 rings (SSSR count). The maximum Gasteiger partial charge on any atom is 0.431 e. The second-order valence-corrected chi connectivity index (χ2v) is 8.90. The summed E-state index contributed by atoms with van der Waals surface area (Å²) in [7, 11) is -2.99. The van der Waals surface area contributed by atoms with Crippen LogP contribution in [0.15, 0.2) is 33.9 Å². The largest absolute Gasteiger partial charge is 0.431 e. The lowest BCUT2D eigenvalue weighted by Crippen LogP contribution is -2.40. The van der Waals surface area contributed by atoms with Gasteiger partial charge in [0.15, 0.2) is 5.69 Å². The molecule has 2 aromatic heterocycles. The SMILES string of the molecule is CCS(=O)(=O)NC(=O)c1nsc2ccc(-n3c(=O)cc(C(F)(F)F)n(C)c3=O)cc12. The Morgan fingerprint density at radius 1 is 1.23 bits per heavy atom. The summed E-state index contributed by atoms with van der Waals surface area (Å²) in [5, 5.41) is 0.134. The second-order valence-electron chi connectivity index (χ2n) is 6.09. The van der Waals surface area contributed by atoms with Crippen molar-refractivity contribution in [1.29, 1.82) is 0 Å². The minimum Gasteiger partial charge on any atom is -0.292 e. The zero-order valence-corrected chi connectivity index (χ0v) is 17.0. The lowest BCUT2D eigenvalue weighted by atomic mass is 10.2. The fraction of sp³-hybridized carbons (Fsp3) is 0.250. The third-order valence-electron chi connectivity index (χ3n) is 4.17. The highest BCUT2D eigenvalue weighted by Gasteiger charge is 2.35. The Labute approximate surface area is 170 Å². The van der Waals surface area contributed by atoms with E-state index in [4.69, 9.17) is 0 Å². The highest BCUT2D eigenvalue weighted by atomic mass is 32.2. The number of rotatable bonds is 4. The molecule has 0 radical (unpaired) electrons. The number of sulfonamides is 1. The first-order chi connectivity index (χ1) is 13.9. The molecule has 0 spiro atoms. The normalized spacial score (nSPS) is 12.3. The van der Waals surface area contributed by atoms with Crippen molar-refractivity contribution in [3.8, 4) is 5.69 Å². The average molecular weight is 462 g/mol. The van der Waals surface area contributed by atoms with Crippen LogP contribution < -0.4 is 16.0 Å². The molecule has 0 fully saturated rings. The number of hydrogen-bond acceptors (Lipinski definition) is 7. The summed E-state index contributed by atoms with van der Waals surface area (Å²) in [6, 6.07) is 4.22. The van der Waals surface area contributed by atoms with Crippen LogP contribution in [-0.4, -0.2) is 33.6 Å². The molecule has 0 bridgehead atoms. The monoisotopic (exact) mass is 462 g/mol. The van der Waals surface area contributed by atoms with Gasteiger partial charge in [-0.1, -0.05) is 0 Å². The van der Waals surface area contributed by atoms with Gasteiger partial charge >= 0.3 is 11.9 Å². The zero-order chi connectivity index (χ0) is 22.4. The van der Waals surface area contributed by atoms with Gasteiger partial charge in [0.2, 0.25) is 10.0 Å². The molecule has 14 heteroatoms. The Hall–Kier alpha value is -3.00. The van der Waals surface area contributed by atoms with Crippen LogP contribution in [0.4, 0.5) is 13.2 Å². The van der Waals surface area contributed by atoms with Crippen molar-refractivity contribution in [3.63, 3.8) is 0 Å². The molecule has 0 aliphatic heterocycles. The topological polar surface area (TPSA) is 120 Å². The molecule has 0 atom stereocenters. The van der Waals surface area contributed by atoms with Gasteiger partial charge in [0.05, 0.1) is 16.1 Å². The van der Waals surface area contributed by atoms with Gasteiger partial charge in [0.1, 0.15) is 5.69 Å². The van der Waals surface area contributed by atoms with Crippen LogP contribution >= 0.6 is 11.5 Å². The van der Waals surface area contributed by atoms with Crippen molar-refractivity contribution in [2.75, 3.05) is 5.75 Å². The van der Waals surface area contributed by atoms with Gasteiger partial charge in [-0.15, -0.1) is 0 Å². The molecule has 1 N–H and O–H groups in total. The first-order valence-corrected chi connectivity index (χ1v) is 10.6. The summed E-state index contributed by atoms with van der Waals surface area (Å²) in [5.41, 5.74) is -4.22. The minimum atomic E-state index is -4.90. The van der Waals surface area contributed by atoms with Crippen molar-refractivity contribution in [2.24, 2.45) is 7.05 Å². The summed E-state index contributed by atoms with van der Waals surface area (Å²) >= 11 is 0.872. The number of carbonyl (C=O) groups excluding carboxylic acids is 1. The van der Waals surface area contributed by atoms with Crippen molar-refractivity contribution in [3.05, 3.63) is 56.5 Å². The smallest absolute Gasteiger partial charge is 0.292 e. The first-order valence-electron chi connectivity index (χ1n) is 8.20. The van der Waals surface area contributed by atoms with E-state index in [0.717, 1.165) is 18.6 Å². The van der Waals surface area contributed by atoms with Gasteiger partial charge < -0.3 is 0 Å². The molecule has 0 saturated carbocycles. The fourth-order valence-corrected chi connectivity index (χ4v) is 3.90. The van der Waals surface area contributed by atoms with Gasteiger partial charge in [-0.3, -0.25) is 14.2 Å². The summed E-state index contributed by atoms with van der Waals surface area (Å²) in [4.78, 5) is 37.0. The standard InChI is InChI=1S/C16H13F3N4O5S2/c1-3-30(27,28)21-14(25)13-9-6-8(4-5-10(9)29-20-13)23-12(24)7-11(16(17,18)19)22(2)15(23)26/h4-7H,3H2,1-2H3,(H,21,25). The Morgan fingerprint density at radius 3 is 2.50 bits per heavy atom. The van der Waals surface area contributed by atoms with Crippen LogP contribution in [0.3, 0.4) is 0 Å². The molecule has 0 aliphatic carbocycles. The number of alkyl halides is 3. The summed E-state index contributed by atoms with van der Waals surface area (Å²) in [5.74, 6) is -1.35. The van der Waals surface area contributed by atoms with E-state index < -0.39 is 39.0 Å². The van der Waals surface area contributed by atoms with E-state index in [1.165, 1.54) is 25.1 Å². The lowest BCUT2D eigenvalue weighted by molar-refractivity contribution is -0.144. The molecule has 0 aliphatic rings. The Bertz CT molecular complexity index is 1390. The lowest BCUT2D eigenvalue weighted by Gasteiger charge is -2.14. The minimum absolute atomic E-state index is 0.102. The quantitative estimate of drug-likeness (QED) is 0.623. The van der Waals surface area contributed by atoms with Gasteiger partial charge in [0.25, 0.3) is 11.5 Å². The van der Waals surface area contributed by atoms with Crippen LogP contribution in [0.2, 0.25) is 0 Å². The zero-order valence-electron chi connectivity index (χ0n) is 15.3. The highest BCUT2D eigenvalue weighted by Crippen LogP contribution is 2.28. The van der Waals surface area contributed by atoms with E-state index >= 15 is 0 Å². The number of fused-ring (bicyclic) bond motifs is 1. The predicted molar refractivity (Wildman–Crippen MR) is 102 cm³/mol. The van der Waals surface area contributed by atoms with Crippen LogP contribution in [-0.2, 0) is 23.2 Å². The predicted octanol–water partition coefficient (Wildman–Crippen LogP) is 1.24. The molecular formula is C16H13F3N4O5S2. The first kappa shape index (κ1) is 21.7. The average Bonchev–Trinajstić information content (AvgIpc) is 3.07. The summed E-state index contributed by atoms with van der Waals surface area (Å²) < 4.78 is 69.3. The number of aromatic nitrogens is 3. The number of hydrogen-bond donors (Lipinski definition) is 1. The number of benzene rings is 1. The van der Waals surface area contributed by atoms with Gasteiger partial charge in [-0.2, -0.15) is 17.5 Å². The fourth-order valence-electron chi connectivity index (χ4n) is 2.63. The molecule has 2 heterocycles. The van der Waals surface area contributed by atoms with Crippen molar-refractivity contribution in [1.82, 2.24) is 18.2 Å². The molecule has 160 valence electrons. The maximum atomic E-state index is 13.0. The number of amides is 1. The van der Waals surface area contributed by atoms with Crippen LogP contribution in [0.1, 0.15) is 23.1 Å². The van der Waals surface area contributed by atoms with Gasteiger partial charge in [0, 0.05) is 18.5 Å². The van der Waals surface area contributed by atoms with Crippen molar-refractivity contribution in [2.45, 2.75) is 13.1 Å².